The van der Waals surface area contributed by atoms with Crippen LogP contribution in [-0.4, -0.2) is 32.9 Å². The molecular formula is C9H9BrFNO3. The summed E-state index contributed by atoms with van der Waals surface area (Å²) < 4.78 is 13.0. The summed E-state index contributed by atoms with van der Waals surface area (Å²) in [6, 6.07) is 1.30. The average molecular weight is 278 g/mol. The highest BCUT2D eigenvalue weighted by molar-refractivity contribution is 9.09. The normalized spacial score (nSPS) is 14.7. The van der Waals surface area contributed by atoms with Gasteiger partial charge < -0.3 is 10.2 Å². The summed E-state index contributed by atoms with van der Waals surface area (Å²) in [6.45, 7) is 0. The van der Waals surface area contributed by atoms with E-state index >= 15 is 0 Å². The number of aliphatic hydroxyl groups excluding tert-OH is 2. The maximum atomic E-state index is 13.0. The first-order chi connectivity index (χ1) is 7.11. The predicted octanol–water partition coefficient (Wildman–Crippen LogP) is 0.822. The molecule has 0 saturated carbocycles. The van der Waals surface area contributed by atoms with E-state index in [-0.39, 0.29) is 22.7 Å². The summed E-state index contributed by atoms with van der Waals surface area (Å²) in [5.41, 5.74) is -0.297. The van der Waals surface area contributed by atoms with Gasteiger partial charge in [0.2, 0.25) is 5.95 Å². The van der Waals surface area contributed by atoms with Crippen LogP contribution in [0, 0.1) is 5.95 Å². The number of nitrogens with zero attached hydrogens (tertiary/aromatic N) is 1. The second kappa shape index (κ2) is 5.29. The second-order valence-electron chi connectivity index (χ2n) is 2.89. The van der Waals surface area contributed by atoms with Crippen LogP contribution in [0.2, 0.25) is 0 Å². The van der Waals surface area contributed by atoms with Gasteiger partial charge in [-0.25, -0.2) is 4.98 Å². The minimum Gasteiger partial charge on any atom is -0.389 e. The number of rotatable bonds is 4. The summed E-state index contributed by atoms with van der Waals surface area (Å²) in [5.74, 6) is -0.955. The van der Waals surface area contributed by atoms with Crippen molar-refractivity contribution in [1.29, 1.82) is 0 Å². The Kier molecular flexibility index (Phi) is 4.31. The Morgan fingerprint density at radius 3 is 2.80 bits per heavy atom. The van der Waals surface area contributed by atoms with E-state index in [1.165, 1.54) is 6.07 Å². The summed E-state index contributed by atoms with van der Waals surface area (Å²) in [6.07, 6.45) is -1.03. The van der Waals surface area contributed by atoms with Crippen molar-refractivity contribution in [2.75, 3.05) is 5.33 Å². The highest BCUT2D eigenvalue weighted by Crippen LogP contribution is 2.21. The number of carbonyl (C=O) groups is 1. The van der Waals surface area contributed by atoms with Gasteiger partial charge in [0, 0.05) is 11.5 Å². The standard InChI is InChI=1S/C9H9BrFNO3/c10-3-7(14)8(15)5-1-2-12-9(11)6(5)4-13/h1-2,4,7-8,14-15H,3H2. The van der Waals surface area contributed by atoms with E-state index in [1.54, 1.807) is 0 Å². The van der Waals surface area contributed by atoms with Crippen LogP contribution in [0.1, 0.15) is 22.0 Å². The molecule has 0 aliphatic rings. The van der Waals surface area contributed by atoms with Gasteiger partial charge in [0.15, 0.2) is 6.29 Å². The third-order valence-corrected chi connectivity index (χ3v) is 2.60. The zero-order valence-electron chi connectivity index (χ0n) is 7.60. The molecule has 1 aromatic heterocycles. The maximum absolute atomic E-state index is 13.0. The summed E-state index contributed by atoms with van der Waals surface area (Å²) in [4.78, 5) is 13.9. The van der Waals surface area contributed by atoms with Crippen LogP contribution in [0.3, 0.4) is 0 Å². The number of pyridine rings is 1. The van der Waals surface area contributed by atoms with E-state index in [2.05, 4.69) is 20.9 Å². The molecule has 2 N–H and O–H groups in total. The van der Waals surface area contributed by atoms with Crippen molar-refractivity contribution in [1.82, 2.24) is 4.98 Å². The third-order valence-electron chi connectivity index (χ3n) is 1.93. The lowest BCUT2D eigenvalue weighted by Crippen LogP contribution is -2.21. The zero-order chi connectivity index (χ0) is 11.4. The zero-order valence-corrected chi connectivity index (χ0v) is 9.19. The van der Waals surface area contributed by atoms with Crippen molar-refractivity contribution in [3.05, 3.63) is 29.3 Å². The number of aldehydes is 1. The van der Waals surface area contributed by atoms with E-state index in [4.69, 9.17) is 0 Å². The Balaban J connectivity index is 3.13. The van der Waals surface area contributed by atoms with Crippen LogP contribution in [0.4, 0.5) is 4.39 Å². The van der Waals surface area contributed by atoms with Crippen LogP contribution in [0.5, 0.6) is 0 Å². The highest BCUT2D eigenvalue weighted by atomic mass is 79.9. The molecule has 1 heterocycles. The molecule has 0 radical (unpaired) electrons. The molecule has 0 fully saturated rings. The number of aromatic nitrogens is 1. The molecule has 1 aromatic rings. The smallest absolute Gasteiger partial charge is 0.223 e. The molecule has 6 heteroatoms. The van der Waals surface area contributed by atoms with E-state index in [0.717, 1.165) is 6.20 Å². The van der Waals surface area contributed by atoms with Crippen LogP contribution in [0.15, 0.2) is 12.3 Å². The summed E-state index contributed by atoms with van der Waals surface area (Å²) in [7, 11) is 0. The Labute approximate surface area is 93.9 Å². The van der Waals surface area contributed by atoms with E-state index in [9.17, 15) is 19.4 Å². The predicted molar refractivity (Wildman–Crippen MR) is 54.3 cm³/mol. The minimum absolute atomic E-state index is 0.0319. The molecule has 0 saturated heterocycles. The molecule has 82 valence electrons. The van der Waals surface area contributed by atoms with Gasteiger partial charge in [0.1, 0.15) is 6.10 Å². The SMILES string of the molecule is O=Cc1c(C(O)C(O)CBr)ccnc1F. The third kappa shape index (κ3) is 2.58. The van der Waals surface area contributed by atoms with Crippen molar-refractivity contribution in [2.24, 2.45) is 0 Å². The summed E-state index contributed by atoms with van der Waals surface area (Å²) >= 11 is 2.97. The monoisotopic (exact) mass is 277 g/mol. The first kappa shape index (κ1) is 12.2. The maximum Gasteiger partial charge on any atom is 0.223 e. The van der Waals surface area contributed by atoms with E-state index < -0.39 is 18.2 Å². The van der Waals surface area contributed by atoms with Crippen molar-refractivity contribution in [3.63, 3.8) is 0 Å². The van der Waals surface area contributed by atoms with Crippen LogP contribution < -0.4 is 0 Å². The van der Waals surface area contributed by atoms with Gasteiger partial charge in [-0.1, -0.05) is 15.9 Å². The van der Waals surface area contributed by atoms with Crippen molar-refractivity contribution in [2.45, 2.75) is 12.2 Å². The lowest BCUT2D eigenvalue weighted by atomic mass is 10.0. The van der Waals surface area contributed by atoms with Crippen LogP contribution >= 0.6 is 15.9 Å². The lowest BCUT2D eigenvalue weighted by Gasteiger charge is -2.17. The fourth-order valence-corrected chi connectivity index (χ4v) is 1.48. The van der Waals surface area contributed by atoms with Crippen molar-refractivity contribution < 1.29 is 19.4 Å². The summed E-state index contributed by atoms with van der Waals surface area (Å²) in [5, 5.41) is 19.0. The number of carbonyl (C=O) groups excluding carboxylic acids is 1. The van der Waals surface area contributed by atoms with Crippen molar-refractivity contribution >= 4 is 22.2 Å². The van der Waals surface area contributed by atoms with Crippen LogP contribution in [-0.2, 0) is 0 Å². The molecule has 0 aliphatic heterocycles. The molecule has 15 heavy (non-hydrogen) atoms. The number of halogens is 2. The number of hydrogen-bond acceptors (Lipinski definition) is 4. The molecule has 0 amide bonds. The Morgan fingerprint density at radius 1 is 1.60 bits per heavy atom. The number of aliphatic hydroxyl groups is 2. The Bertz CT molecular complexity index is 361. The molecule has 0 spiro atoms. The number of hydrogen-bond donors (Lipinski definition) is 2. The van der Waals surface area contributed by atoms with Gasteiger partial charge in [-0.05, 0) is 11.6 Å². The highest BCUT2D eigenvalue weighted by Gasteiger charge is 2.22. The quantitative estimate of drug-likeness (QED) is 0.486. The largest absolute Gasteiger partial charge is 0.389 e. The molecule has 2 atom stereocenters. The second-order valence-corrected chi connectivity index (χ2v) is 3.54. The average Bonchev–Trinajstić information content (AvgIpc) is 2.26. The molecule has 2 unspecified atom stereocenters. The van der Waals surface area contributed by atoms with Crippen LogP contribution in [0.25, 0.3) is 0 Å². The van der Waals surface area contributed by atoms with Gasteiger partial charge in [0.25, 0.3) is 0 Å². The molecule has 0 bridgehead atoms. The first-order valence-electron chi connectivity index (χ1n) is 4.13. The minimum atomic E-state index is -1.32. The fourth-order valence-electron chi connectivity index (χ4n) is 1.13. The van der Waals surface area contributed by atoms with Gasteiger partial charge in [-0.3, -0.25) is 4.79 Å². The molecule has 1 rings (SSSR count). The van der Waals surface area contributed by atoms with Gasteiger partial charge in [-0.15, -0.1) is 0 Å². The Hall–Kier alpha value is -0.850. The first-order valence-corrected chi connectivity index (χ1v) is 5.25. The van der Waals surface area contributed by atoms with Crippen molar-refractivity contribution in [3.8, 4) is 0 Å². The van der Waals surface area contributed by atoms with E-state index in [1.807, 2.05) is 0 Å². The van der Waals surface area contributed by atoms with Gasteiger partial charge >= 0.3 is 0 Å². The van der Waals surface area contributed by atoms with Gasteiger partial charge in [-0.2, -0.15) is 4.39 Å². The Morgan fingerprint density at radius 2 is 2.27 bits per heavy atom. The molecule has 4 nitrogen and oxygen atoms in total. The molecular weight excluding hydrogens is 269 g/mol. The fraction of sp³-hybridized carbons (Fsp3) is 0.333. The molecule has 0 aromatic carbocycles. The topological polar surface area (TPSA) is 70.4 Å². The van der Waals surface area contributed by atoms with E-state index in [0.29, 0.717) is 0 Å². The number of alkyl halides is 1. The van der Waals surface area contributed by atoms with Gasteiger partial charge in [0.05, 0.1) is 11.7 Å². The lowest BCUT2D eigenvalue weighted by molar-refractivity contribution is 0.0335. The molecule has 0 aliphatic carbocycles.